The number of hydrogen-bond donors (Lipinski definition) is 3. The lowest BCUT2D eigenvalue weighted by molar-refractivity contribution is -0.137. The largest absolute Gasteiger partial charge is 0.481 e. The van der Waals surface area contributed by atoms with Crippen molar-refractivity contribution in [2.45, 2.75) is 70.3 Å². The summed E-state index contributed by atoms with van der Waals surface area (Å²) in [5, 5.41) is 22.0. The predicted molar refractivity (Wildman–Crippen MR) is 129 cm³/mol. The molecule has 0 amide bonds. The van der Waals surface area contributed by atoms with Crippen molar-refractivity contribution in [3.05, 3.63) is 71.9 Å². The number of aliphatic carboxylic acids is 1. The van der Waals surface area contributed by atoms with Crippen LogP contribution >= 0.6 is 0 Å². The molecule has 0 aliphatic heterocycles. The van der Waals surface area contributed by atoms with Crippen LogP contribution in [0, 0.1) is 11.3 Å². The van der Waals surface area contributed by atoms with Gasteiger partial charge in [-0.05, 0) is 65.5 Å². The molecule has 1 heterocycles. The van der Waals surface area contributed by atoms with Gasteiger partial charge >= 0.3 is 5.97 Å². The molecule has 4 rings (SSSR count). The Kier molecular flexibility index (Phi) is 6.17. The fourth-order valence-corrected chi connectivity index (χ4v) is 6.17. The van der Waals surface area contributed by atoms with Crippen LogP contribution < -0.4 is 0 Å². The van der Waals surface area contributed by atoms with Crippen molar-refractivity contribution in [2.75, 3.05) is 0 Å². The Morgan fingerprint density at radius 1 is 1.16 bits per heavy atom. The summed E-state index contributed by atoms with van der Waals surface area (Å²) in [5.74, 6) is -0.524. The van der Waals surface area contributed by atoms with E-state index in [4.69, 9.17) is 0 Å². The lowest BCUT2D eigenvalue weighted by Crippen LogP contribution is -2.46. The highest BCUT2D eigenvalue weighted by Crippen LogP contribution is 2.54. The van der Waals surface area contributed by atoms with Gasteiger partial charge in [-0.3, -0.25) is 4.79 Å². The van der Waals surface area contributed by atoms with E-state index in [1.54, 1.807) is 0 Å². The van der Waals surface area contributed by atoms with E-state index in [0.717, 1.165) is 23.7 Å². The molecule has 0 spiro atoms. The number of benzene rings is 2. The van der Waals surface area contributed by atoms with Crippen molar-refractivity contribution in [3.63, 3.8) is 0 Å². The van der Waals surface area contributed by atoms with Gasteiger partial charge in [-0.15, -0.1) is 0 Å². The third-order valence-corrected chi connectivity index (χ3v) is 8.10. The van der Waals surface area contributed by atoms with Crippen LogP contribution in [-0.2, 0) is 10.2 Å². The number of hydrogen-bond acceptors (Lipinski definition) is 2. The molecule has 0 radical (unpaired) electrons. The summed E-state index contributed by atoms with van der Waals surface area (Å²) in [7, 11) is 0. The first-order chi connectivity index (χ1) is 15.2. The van der Waals surface area contributed by atoms with Crippen molar-refractivity contribution < 1.29 is 15.0 Å². The molecule has 3 aromatic rings. The Hall–Kier alpha value is -2.59. The summed E-state index contributed by atoms with van der Waals surface area (Å²) in [6.07, 6.45) is 4.90. The zero-order valence-corrected chi connectivity index (χ0v) is 19.3. The number of H-pyrrole nitrogens is 1. The zero-order valence-electron chi connectivity index (χ0n) is 19.3. The molecule has 4 heteroatoms. The number of aliphatic hydroxyl groups is 1. The number of aromatic amines is 1. The standard InChI is InChI=1S/C28H35NO3/c1-27(2,19-9-5-4-6-10-19)23-15-16-28(3,17-25(23)30)22(13-14-26(31)32)21-18-29-24-12-8-7-11-20(21)24/h4-12,18,22-23,25,29-30H,13-17H2,1-3H3,(H,31,32)/t22?,23-,25-,28-/m1/s1. The van der Waals surface area contributed by atoms with Gasteiger partial charge in [0.05, 0.1) is 6.10 Å². The Morgan fingerprint density at radius 2 is 1.84 bits per heavy atom. The summed E-state index contributed by atoms with van der Waals surface area (Å²) in [4.78, 5) is 14.8. The molecule has 0 bridgehead atoms. The van der Waals surface area contributed by atoms with Gasteiger partial charge < -0.3 is 15.2 Å². The van der Waals surface area contributed by atoms with E-state index in [-0.39, 0.29) is 29.1 Å². The van der Waals surface area contributed by atoms with Gasteiger partial charge in [0.1, 0.15) is 0 Å². The molecule has 1 saturated carbocycles. The van der Waals surface area contributed by atoms with E-state index >= 15 is 0 Å². The maximum Gasteiger partial charge on any atom is 0.303 e. The first-order valence-electron chi connectivity index (χ1n) is 11.7. The van der Waals surface area contributed by atoms with Crippen LogP contribution in [0.2, 0.25) is 0 Å². The highest BCUT2D eigenvalue weighted by atomic mass is 16.4. The predicted octanol–water partition coefficient (Wildman–Crippen LogP) is 6.26. The van der Waals surface area contributed by atoms with Crippen molar-refractivity contribution >= 4 is 16.9 Å². The molecule has 1 fully saturated rings. The quantitative estimate of drug-likeness (QED) is 0.412. The summed E-state index contributed by atoms with van der Waals surface area (Å²) in [6, 6.07) is 18.7. The monoisotopic (exact) mass is 433 g/mol. The normalized spacial score (nSPS) is 25.0. The second-order valence-electron chi connectivity index (χ2n) is 10.4. The Morgan fingerprint density at radius 3 is 2.53 bits per heavy atom. The minimum atomic E-state index is -0.766. The van der Waals surface area contributed by atoms with Crippen LogP contribution in [-0.4, -0.2) is 27.3 Å². The van der Waals surface area contributed by atoms with Crippen LogP contribution in [0.3, 0.4) is 0 Å². The Bertz CT molecular complexity index is 1070. The van der Waals surface area contributed by atoms with Crippen LogP contribution in [0.4, 0.5) is 0 Å². The average molecular weight is 434 g/mol. The first-order valence-corrected chi connectivity index (χ1v) is 11.7. The molecular weight excluding hydrogens is 398 g/mol. The number of aliphatic hydroxyl groups excluding tert-OH is 1. The van der Waals surface area contributed by atoms with Crippen molar-refractivity contribution in [3.8, 4) is 0 Å². The maximum absolute atomic E-state index is 11.5. The van der Waals surface area contributed by atoms with Gasteiger partial charge in [0, 0.05) is 23.5 Å². The minimum absolute atomic E-state index is 0.0742. The van der Waals surface area contributed by atoms with Crippen LogP contribution in [0.25, 0.3) is 10.9 Å². The fourth-order valence-electron chi connectivity index (χ4n) is 6.17. The van der Waals surface area contributed by atoms with Crippen LogP contribution in [0.5, 0.6) is 0 Å². The van der Waals surface area contributed by atoms with Gasteiger partial charge in [-0.1, -0.05) is 69.3 Å². The van der Waals surface area contributed by atoms with Crippen LogP contribution in [0.1, 0.15) is 69.9 Å². The second kappa shape index (κ2) is 8.74. The molecule has 3 N–H and O–H groups in total. The molecule has 2 aromatic carbocycles. The van der Waals surface area contributed by atoms with Crippen molar-refractivity contribution in [2.24, 2.45) is 11.3 Å². The molecule has 4 nitrogen and oxygen atoms in total. The fraction of sp³-hybridized carbons (Fsp3) is 0.464. The Labute approximate surface area is 190 Å². The SMILES string of the molecule is CC(C)(c1ccccc1)[C@@H]1CC[C@@](C)(C(CCC(=O)O)c2c[nH]c3ccccc23)C[C@H]1O. The maximum atomic E-state index is 11.5. The number of nitrogens with one attached hydrogen (secondary N) is 1. The third kappa shape index (κ3) is 4.21. The highest BCUT2D eigenvalue weighted by molar-refractivity contribution is 5.83. The van der Waals surface area contributed by atoms with Gasteiger partial charge in [0.15, 0.2) is 0 Å². The van der Waals surface area contributed by atoms with E-state index in [2.05, 4.69) is 68.4 Å². The van der Waals surface area contributed by atoms with E-state index in [1.807, 2.05) is 18.2 Å². The average Bonchev–Trinajstić information content (AvgIpc) is 3.18. The summed E-state index contributed by atoms with van der Waals surface area (Å²) >= 11 is 0. The first kappa shape index (κ1) is 22.6. The molecule has 1 unspecified atom stereocenters. The van der Waals surface area contributed by atoms with E-state index in [0.29, 0.717) is 12.8 Å². The van der Waals surface area contributed by atoms with Crippen molar-refractivity contribution in [1.29, 1.82) is 0 Å². The second-order valence-corrected chi connectivity index (χ2v) is 10.4. The van der Waals surface area contributed by atoms with E-state index in [9.17, 15) is 15.0 Å². The molecule has 4 atom stereocenters. The highest BCUT2D eigenvalue weighted by Gasteiger charge is 2.47. The smallest absolute Gasteiger partial charge is 0.303 e. The molecule has 32 heavy (non-hydrogen) atoms. The number of carboxylic acids is 1. The van der Waals surface area contributed by atoms with Gasteiger partial charge in [-0.25, -0.2) is 0 Å². The minimum Gasteiger partial charge on any atom is -0.481 e. The number of rotatable bonds is 7. The number of carbonyl (C=O) groups is 1. The Balaban J connectivity index is 1.63. The third-order valence-electron chi connectivity index (χ3n) is 8.10. The molecule has 1 aromatic heterocycles. The van der Waals surface area contributed by atoms with Gasteiger partial charge in [-0.2, -0.15) is 0 Å². The number of para-hydroxylation sites is 1. The van der Waals surface area contributed by atoms with Gasteiger partial charge in [0.25, 0.3) is 0 Å². The van der Waals surface area contributed by atoms with E-state index in [1.165, 1.54) is 11.1 Å². The summed E-state index contributed by atoms with van der Waals surface area (Å²) < 4.78 is 0. The lowest BCUT2D eigenvalue weighted by Gasteiger charge is -2.50. The molecule has 1 aliphatic carbocycles. The summed E-state index contributed by atoms with van der Waals surface area (Å²) in [6.45, 7) is 6.72. The van der Waals surface area contributed by atoms with Gasteiger partial charge in [0.2, 0.25) is 0 Å². The number of fused-ring (bicyclic) bond motifs is 1. The summed E-state index contributed by atoms with van der Waals surface area (Å²) in [5.41, 5.74) is 3.22. The number of aromatic nitrogens is 1. The topological polar surface area (TPSA) is 73.3 Å². The molecular formula is C28H35NO3. The molecule has 1 aliphatic rings. The molecule has 170 valence electrons. The zero-order chi connectivity index (χ0) is 22.9. The van der Waals surface area contributed by atoms with Crippen LogP contribution in [0.15, 0.2) is 60.8 Å². The lowest BCUT2D eigenvalue weighted by atomic mass is 9.56. The van der Waals surface area contributed by atoms with E-state index < -0.39 is 12.1 Å². The molecule has 0 saturated heterocycles. The van der Waals surface area contributed by atoms with Crippen molar-refractivity contribution in [1.82, 2.24) is 4.98 Å². The number of carboxylic acid groups (broad SMARTS) is 1.